The normalized spacial score (nSPS) is 13.7. The monoisotopic (exact) mass is 455 g/mol. The number of Topliss-reactive ketones (excluding diaryl/α,β-unsaturated/α-hetero) is 1. The van der Waals surface area contributed by atoms with E-state index in [0.717, 1.165) is 44.6 Å². The molecule has 0 bridgehead atoms. The van der Waals surface area contributed by atoms with Crippen molar-refractivity contribution in [3.05, 3.63) is 41.5 Å². The first-order valence-corrected chi connectivity index (χ1v) is 8.48. The number of carbonyl (C=O) groups is 2. The predicted octanol–water partition coefficient (Wildman–Crippen LogP) is 4.08. The van der Waals surface area contributed by atoms with Gasteiger partial charge in [0.05, 0.1) is 19.8 Å². The van der Waals surface area contributed by atoms with Crippen LogP contribution in [0.2, 0.25) is 0 Å². The fourth-order valence-electron chi connectivity index (χ4n) is 3.01. The molecule has 31 heavy (non-hydrogen) atoms. The van der Waals surface area contributed by atoms with Crippen LogP contribution in [0.1, 0.15) is 15.9 Å². The van der Waals surface area contributed by atoms with Crippen molar-refractivity contribution in [2.24, 2.45) is 0 Å². The fraction of sp³-hybridized carbons (Fsp3) is 0.368. The van der Waals surface area contributed by atoms with Crippen LogP contribution in [0.25, 0.3) is 10.8 Å². The molecule has 0 saturated carbocycles. The Bertz CT molecular complexity index is 1000. The number of carbonyl (C=O) groups excluding carboxylic acids is 2. The number of esters is 1. The summed E-state index contributed by atoms with van der Waals surface area (Å²) in [6.07, 6.45) is -6.57. The molecule has 1 unspecified atom stereocenters. The van der Waals surface area contributed by atoms with E-state index in [4.69, 9.17) is 0 Å². The minimum absolute atomic E-state index is 0.378. The van der Waals surface area contributed by atoms with Crippen LogP contribution in [-0.2, 0) is 15.5 Å². The van der Waals surface area contributed by atoms with Gasteiger partial charge in [0, 0.05) is 5.56 Å². The molecule has 2 rings (SSSR count). The molecule has 0 heterocycles. The van der Waals surface area contributed by atoms with Gasteiger partial charge >= 0.3 is 24.0 Å². The van der Waals surface area contributed by atoms with Crippen molar-refractivity contribution in [2.75, 3.05) is 21.3 Å². The van der Waals surface area contributed by atoms with E-state index in [1.165, 1.54) is 7.05 Å². The molecule has 1 N–H and O–H groups in total. The molecule has 2 aromatic rings. The maximum Gasteiger partial charge on any atom is 0.460 e. The lowest BCUT2D eigenvalue weighted by molar-refractivity contribution is -0.359. The van der Waals surface area contributed by atoms with Crippen LogP contribution in [0.4, 0.5) is 30.7 Å². The van der Waals surface area contributed by atoms with Gasteiger partial charge in [0.15, 0.2) is 11.8 Å². The molecule has 0 aliphatic carbocycles. The summed E-state index contributed by atoms with van der Waals surface area (Å²) < 4.78 is 104. The van der Waals surface area contributed by atoms with Crippen LogP contribution in [0.3, 0.4) is 0 Å². The number of rotatable bonds is 7. The van der Waals surface area contributed by atoms with Gasteiger partial charge in [0.25, 0.3) is 0 Å². The highest BCUT2D eigenvalue weighted by molar-refractivity contribution is 6.18. The Morgan fingerprint density at radius 2 is 1.55 bits per heavy atom. The zero-order valence-corrected chi connectivity index (χ0v) is 16.2. The minimum atomic E-state index is -6.57. The van der Waals surface area contributed by atoms with Gasteiger partial charge in [0.1, 0.15) is 5.75 Å². The fourth-order valence-corrected chi connectivity index (χ4v) is 3.01. The summed E-state index contributed by atoms with van der Waals surface area (Å²) in [5.74, 6) is -15.1. The van der Waals surface area contributed by atoms with Gasteiger partial charge in [-0.1, -0.05) is 18.2 Å². The van der Waals surface area contributed by atoms with E-state index >= 15 is 0 Å². The van der Waals surface area contributed by atoms with Crippen molar-refractivity contribution in [3.8, 4) is 5.75 Å². The number of alkyl halides is 7. The van der Waals surface area contributed by atoms with Crippen molar-refractivity contribution in [1.82, 2.24) is 5.32 Å². The molecule has 1 atom stereocenters. The quantitative estimate of drug-likeness (QED) is 0.295. The smallest absolute Gasteiger partial charge is 0.460 e. The number of ketones is 1. The molecule has 0 aliphatic rings. The highest BCUT2D eigenvalue weighted by atomic mass is 19.4. The second-order valence-electron chi connectivity index (χ2n) is 6.30. The van der Waals surface area contributed by atoms with Crippen LogP contribution in [0.5, 0.6) is 5.75 Å². The molecular weight excluding hydrogens is 439 g/mol. The van der Waals surface area contributed by atoms with E-state index in [2.05, 4.69) is 14.8 Å². The lowest BCUT2D eigenvalue weighted by Gasteiger charge is -2.30. The maximum atomic E-state index is 14.6. The van der Waals surface area contributed by atoms with Crippen molar-refractivity contribution in [1.29, 1.82) is 0 Å². The summed E-state index contributed by atoms with van der Waals surface area (Å²) in [6.45, 7) is 0. The van der Waals surface area contributed by atoms with Crippen LogP contribution in [0.15, 0.2) is 30.3 Å². The van der Waals surface area contributed by atoms with Gasteiger partial charge < -0.3 is 14.8 Å². The summed E-state index contributed by atoms with van der Waals surface area (Å²) in [5, 5.41) is 1.20. The highest BCUT2D eigenvalue weighted by Gasteiger charge is 2.74. The number of hydrogen-bond donors (Lipinski definition) is 1. The molecule has 0 radical (unpaired) electrons. The van der Waals surface area contributed by atoms with E-state index in [1.807, 2.05) is 0 Å². The molecule has 0 spiro atoms. The largest absolute Gasteiger partial charge is 0.496 e. The zero-order chi connectivity index (χ0) is 23.8. The summed E-state index contributed by atoms with van der Waals surface area (Å²) >= 11 is 0. The Labute approximate surface area is 171 Å². The van der Waals surface area contributed by atoms with E-state index < -0.39 is 52.5 Å². The molecule has 0 aromatic heterocycles. The molecular formula is C19H16F7NO4. The number of fused-ring (bicyclic) bond motifs is 1. The number of methoxy groups -OCH3 is 2. The molecule has 0 aliphatic heterocycles. The number of nitrogens with one attached hydrogen (secondary N) is 1. The van der Waals surface area contributed by atoms with Gasteiger partial charge in [-0.3, -0.25) is 4.79 Å². The predicted molar refractivity (Wildman–Crippen MR) is 94.6 cm³/mol. The summed E-state index contributed by atoms with van der Waals surface area (Å²) in [4.78, 5) is 24.5. The Morgan fingerprint density at radius 1 is 0.935 bits per heavy atom. The van der Waals surface area contributed by atoms with Crippen LogP contribution in [0, 0.1) is 0 Å². The zero-order valence-electron chi connectivity index (χ0n) is 16.2. The molecule has 0 saturated heterocycles. The van der Waals surface area contributed by atoms with Crippen molar-refractivity contribution in [3.63, 3.8) is 0 Å². The lowest BCUT2D eigenvalue weighted by Crippen LogP contribution is -2.50. The van der Waals surface area contributed by atoms with Gasteiger partial charge in [-0.05, 0) is 30.0 Å². The first kappa shape index (κ1) is 24.4. The average Bonchev–Trinajstić information content (AvgIpc) is 2.71. The Kier molecular flexibility index (Phi) is 6.55. The second-order valence-corrected chi connectivity index (χ2v) is 6.30. The highest BCUT2D eigenvalue weighted by Crippen LogP contribution is 2.55. The molecule has 170 valence electrons. The summed E-state index contributed by atoms with van der Waals surface area (Å²) in [5.41, 5.74) is -2.12. The second kappa shape index (κ2) is 8.33. The average molecular weight is 455 g/mol. The first-order chi connectivity index (χ1) is 14.3. The van der Waals surface area contributed by atoms with Crippen LogP contribution in [-0.4, -0.2) is 51.2 Å². The Hall–Kier alpha value is -2.89. The van der Waals surface area contributed by atoms with Crippen LogP contribution < -0.4 is 10.1 Å². The van der Waals surface area contributed by atoms with E-state index in [0.29, 0.717) is 0 Å². The Morgan fingerprint density at radius 3 is 2.03 bits per heavy atom. The van der Waals surface area contributed by atoms with Gasteiger partial charge in [-0.25, -0.2) is 4.79 Å². The molecule has 2 aromatic carbocycles. The SMILES string of the molecule is CNC(C(=O)OC)C(=O)c1cccc2c(C(F)(F)C(F)(F)C(F)(F)F)c(OC)ccc12. The number of benzene rings is 2. The number of likely N-dealkylation sites (N-methyl/N-ethyl adjacent to an activating group) is 1. The maximum absolute atomic E-state index is 14.6. The van der Waals surface area contributed by atoms with E-state index in [1.54, 1.807) is 0 Å². The van der Waals surface area contributed by atoms with Gasteiger partial charge in [0.2, 0.25) is 0 Å². The molecule has 0 amide bonds. The third-order valence-corrected chi connectivity index (χ3v) is 4.56. The van der Waals surface area contributed by atoms with Gasteiger partial charge in [-0.15, -0.1) is 0 Å². The summed E-state index contributed by atoms with van der Waals surface area (Å²) in [7, 11) is 3.04. The third kappa shape index (κ3) is 3.91. The van der Waals surface area contributed by atoms with E-state index in [-0.39, 0.29) is 10.9 Å². The molecule has 0 fully saturated rings. The standard InChI is InChI=1S/C19H16F7NO4/c1-27-14(16(29)31-3)15(28)11-6-4-5-10-9(11)7-8-12(30-2)13(10)17(20,21)18(22,23)19(24,25)26/h4-8,14,27H,1-3H3. The topological polar surface area (TPSA) is 64.6 Å². The molecule has 5 nitrogen and oxygen atoms in total. The number of halogens is 7. The lowest BCUT2D eigenvalue weighted by atomic mass is 9.90. The minimum Gasteiger partial charge on any atom is -0.496 e. The molecule has 12 heteroatoms. The first-order valence-electron chi connectivity index (χ1n) is 8.48. The number of hydrogen-bond acceptors (Lipinski definition) is 5. The van der Waals surface area contributed by atoms with Crippen molar-refractivity contribution >= 4 is 22.5 Å². The van der Waals surface area contributed by atoms with Crippen LogP contribution >= 0.6 is 0 Å². The van der Waals surface area contributed by atoms with Crippen molar-refractivity contribution < 1.29 is 49.8 Å². The van der Waals surface area contributed by atoms with Gasteiger partial charge in [-0.2, -0.15) is 30.7 Å². The number of ether oxygens (including phenoxy) is 2. The van der Waals surface area contributed by atoms with E-state index in [9.17, 15) is 40.3 Å². The van der Waals surface area contributed by atoms with Crippen molar-refractivity contribution in [2.45, 2.75) is 24.1 Å². The third-order valence-electron chi connectivity index (χ3n) is 4.56. The Balaban J connectivity index is 2.85. The summed E-state index contributed by atoms with van der Waals surface area (Å²) in [6, 6.07) is 3.16.